The van der Waals surface area contributed by atoms with Gasteiger partial charge in [-0.15, -0.1) is 0 Å². The van der Waals surface area contributed by atoms with Crippen molar-refractivity contribution in [2.75, 3.05) is 59.4 Å². The molecule has 12 heteroatoms. The van der Waals surface area contributed by atoms with Crippen LogP contribution in [0.15, 0.2) is 48.5 Å². The molecule has 7 nitrogen and oxygen atoms in total. The summed E-state index contributed by atoms with van der Waals surface area (Å²) >= 11 is 0. The monoisotopic (exact) mass is 595 g/mol. The highest BCUT2D eigenvalue weighted by molar-refractivity contribution is 5.83. The van der Waals surface area contributed by atoms with Crippen LogP contribution >= 0.6 is 0 Å². The van der Waals surface area contributed by atoms with Gasteiger partial charge in [0.25, 0.3) is 6.43 Å². The maximum Gasteiger partial charge on any atom is 0.416 e. The first-order chi connectivity index (χ1) is 19.9. The van der Waals surface area contributed by atoms with Crippen molar-refractivity contribution in [1.29, 1.82) is 0 Å². The standard InChI is InChI=1S/C30H38F5N5O2/c1-37(10-7-21-17-23(28(31)32)19-24(18-21)30(33,34)35)29(42)27(22-5-3-2-4-6-22)40-11-8-25(9-12-40)39-15-13-38(14-16-39)20-26(36)41/h2-6,17-19,25,27-28H,7-16,20H2,1H3,(H2,36,41). The normalized spacial score (nSPS) is 18.7. The first-order valence-electron chi connectivity index (χ1n) is 14.2. The lowest BCUT2D eigenvalue weighted by Gasteiger charge is -2.44. The van der Waals surface area contributed by atoms with E-state index in [1.165, 1.54) is 4.90 Å². The molecule has 0 spiro atoms. The third-order valence-corrected chi connectivity index (χ3v) is 8.22. The Kier molecular flexibility index (Phi) is 10.6. The van der Waals surface area contributed by atoms with Gasteiger partial charge in [0, 0.05) is 64.5 Å². The van der Waals surface area contributed by atoms with Gasteiger partial charge in [0.15, 0.2) is 0 Å². The number of piperidine rings is 1. The molecule has 0 radical (unpaired) electrons. The fraction of sp³-hybridized carbons (Fsp3) is 0.533. The van der Waals surface area contributed by atoms with E-state index in [9.17, 15) is 31.5 Å². The number of rotatable bonds is 10. The van der Waals surface area contributed by atoms with E-state index >= 15 is 0 Å². The Morgan fingerprint density at radius 3 is 2.17 bits per heavy atom. The van der Waals surface area contributed by atoms with E-state index in [4.69, 9.17) is 5.73 Å². The molecule has 42 heavy (non-hydrogen) atoms. The summed E-state index contributed by atoms with van der Waals surface area (Å²) in [6, 6.07) is 11.6. The Morgan fingerprint density at radius 2 is 1.60 bits per heavy atom. The fourth-order valence-electron chi connectivity index (χ4n) is 5.93. The van der Waals surface area contributed by atoms with Gasteiger partial charge in [-0.05, 0) is 42.5 Å². The van der Waals surface area contributed by atoms with E-state index in [-0.39, 0.29) is 36.9 Å². The summed E-state index contributed by atoms with van der Waals surface area (Å²) in [7, 11) is 1.60. The van der Waals surface area contributed by atoms with Gasteiger partial charge in [-0.25, -0.2) is 8.78 Å². The second kappa shape index (κ2) is 13.9. The van der Waals surface area contributed by atoms with Crippen molar-refractivity contribution in [2.45, 2.75) is 43.9 Å². The Labute approximate surface area is 243 Å². The molecule has 2 aromatic rings. The number of likely N-dealkylation sites (N-methyl/N-ethyl adjacent to an activating group) is 1. The van der Waals surface area contributed by atoms with E-state index in [1.54, 1.807) is 7.05 Å². The Balaban J connectivity index is 1.41. The second-order valence-electron chi connectivity index (χ2n) is 11.1. The minimum atomic E-state index is -4.75. The predicted octanol–water partition coefficient (Wildman–Crippen LogP) is 3.95. The molecule has 2 aliphatic heterocycles. The topological polar surface area (TPSA) is 73.1 Å². The van der Waals surface area contributed by atoms with Gasteiger partial charge in [0.05, 0.1) is 12.1 Å². The van der Waals surface area contributed by atoms with Gasteiger partial charge in [-0.1, -0.05) is 36.4 Å². The molecule has 1 unspecified atom stereocenters. The van der Waals surface area contributed by atoms with Crippen molar-refractivity contribution in [1.82, 2.24) is 19.6 Å². The number of hydrogen-bond acceptors (Lipinski definition) is 5. The van der Waals surface area contributed by atoms with Crippen LogP contribution in [0.2, 0.25) is 0 Å². The Morgan fingerprint density at radius 1 is 0.952 bits per heavy atom. The number of primary amides is 1. The summed E-state index contributed by atoms with van der Waals surface area (Å²) in [5, 5.41) is 0. The number of halogens is 5. The molecule has 4 rings (SSSR count). The molecule has 0 aliphatic carbocycles. The average molecular weight is 596 g/mol. The zero-order valence-corrected chi connectivity index (χ0v) is 23.7. The summed E-state index contributed by atoms with van der Waals surface area (Å²) in [4.78, 5) is 33.1. The quantitative estimate of drug-likeness (QED) is 0.422. The fourth-order valence-corrected chi connectivity index (χ4v) is 5.93. The van der Waals surface area contributed by atoms with Crippen molar-refractivity contribution >= 4 is 11.8 Å². The van der Waals surface area contributed by atoms with Crippen LogP contribution in [0.1, 0.15) is 47.6 Å². The molecule has 0 saturated carbocycles. The summed E-state index contributed by atoms with van der Waals surface area (Å²) in [6.45, 7) is 5.00. The Hall–Kier alpha value is -3.09. The maximum atomic E-state index is 13.8. The highest BCUT2D eigenvalue weighted by Gasteiger charge is 2.35. The van der Waals surface area contributed by atoms with Crippen molar-refractivity contribution in [3.8, 4) is 0 Å². The van der Waals surface area contributed by atoms with E-state index in [1.807, 2.05) is 30.3 Å². The molecule has 2 N–H and O–H groups in total. The Bertz CT molecular complexity index is 1200. The zero-order chi connectivity index (χ0) is 30.4. The minimum absolute atomic E-state index is 0.0111. The summed E-state index contributed by atoms with van der Waals surface area (Å²) in [5.74, 6) is -0.521. The number of alkyl halides is 5. The SMILES string of the molecule is CN(CCc1cc(C(F)F)cc(C(F)(F)F)c1)C(=O)C(c1ccccc1)N1CCC(N2CCN(CC(N)=O)CC2)CC1. The molecule has 2 saturated heterocycles. The van der Waals surface area contributed by atoms with Crippen LogP contribution in [0.3, 0.4) is 0 Å². The number of piperazine rings is 1. The van der Waals surface area contributed by atoms with E-state index < -0.39 is 29.8 Å². The second-order valence-corrected chi connectivity index (χ2v) is 11.1. The van der Waals surface area contributed by atoms with Crippen molar-refractivity contribution in [2.24, 2.45) is 5.73 Å². The van der Waals surface area contributed by atoms with Crippen LogP contribution in [0.25, 0.3) is 0 Å². The van der Waals surface area contributed by atoms with E-state index in [0.29, 0.717) is 25.2 Å². The number of amides is 2. The molecule has 1 atom stereocenters. The number of nitrogens with two attached hydrogens (primary N) is 1. The number of likely N-dealkylation sites (tertiary alicyclic amines) is 1. The molecular formula is C30H38F5N5O2. The van der Waals surface area contributed by atoms with Crippen LogP contribution < -0.4 is 5.73 Å². The zero-order valence-electron chi connectivity index (χ0n) is 23.7. The van der Waals surface area contributed by atoms with Crippen LogP contribution in [0, 0.1) is 0 Å². The van der Waals surface area contributed by atoms with Crippen molar-refractivity contribution < 1.29 is 31.5 Å². The number of hydrogen-bond donors (Lipinski definition) is 1. The lowest BCUT2D eigenvalue weighted by molar-refractivity contribution is -0.138. The lowest BCUT2D eigenvalue weighted by Crippen LogP contribution is -2.55. The molecule has 0 aromatic heterocycles. The number of carbonyl (C=O) groups is 2. The van der Waals surface area contributed by atoms with Crippen LogP contribution in [0.5, 0.6) is 0 Å². The highest BCUT2D eigenvalue weighted by Crippen LogP contribution is 2.34. The van der Waals surface area contributed by atoms with Gasteiger partial charge < -0.3 is 10.6 Å². The summed E-state index contributed by atoms with van der Waals surface area (Å²) < 4.78 is 66.5. The first-order valence-corrected chi connectivity index (χ1v) is 14.2. The summed E-state index contributed by atoms with van der Waals surface area (Å²) in [6.07, 6.45) is -6.02. The average Bonchev–Trinajstić information content (AvgIpc) is 2.96. The molecule has 2 fully saturated rings. The molecule has 2 amide bonds. The summed E-state index contributed by atoms with van der Waals surface area (Å²) in [5.41, 5.74) is 4.45. The van der Waals surface area contributed by atoms with Crippen molar-refractivity contribution in [3.63, 3.8) is 0 Å². The van der Waals surface area contributed by atoms with Gasteiger partial charge in [0.2, 0.25) is 11.8 Å². The van der Waals surface area contributed by atoms with Gasteiger partial charge in [-0.2, -0.15) is 13.2 Å². The molecule has 2 heterocycles. The molecule has 0 bridgehead atoms. The van der Waals surface area contributed by atoms with Crippen LogP contribution in [-0.2, 0) is 22.2 Å². The van der Waals surface area contributed by atoms with Gasteiger partial charge >= 0.3 is 6.18 Å². The largest absolute Gasteiger partial charge is 0.416 e. The van der Waals surface area contributed by atoms with Crippen LogP contribution in [0.4, 0.5) is 22.0 Å². The van der Waals surface area contributed by atoms with E-state index in [2.05, 4.69) is 14.7 Å². The van der Waals surface area contributed by atoms with Gasteiger partial charge in [0.1, 0.15) is 6.04 Å². The molecule has 2 aromatic carbocycles. The molecule has 2 aliphatic rings. The van der Waals surface area contributed by atoms with Gasteiger partial charge in [-0.3, -0.25) is 24.3 Å². The smallest absolute Gasteiger partial charge is 0.369 e. The predicted molar refractivity (Wildman–Crippen MR) is 149 cm³/mol. The first kappa shape index (κ1) is 31.8. The van der Waals surface area contributed by atoms with Crippen molar-refractivity contribution in [3.05, 3.63) is 70.8 Å². The highest BCUT2D eigenvalue weighted by atomic mass is 19.4. The third-order valence-electron chi connectivity index (χ3n) is 8.22. The number of nitrogens with zero attached hydrogens (tertiary/aromatic N) is 4. The third kappa shape index (κ3) is 8.26. The number of carbonyl (C=O) groups excluding carboxylic acids is 2. The lowest BCUT2D eigenvalue weighted by atomic mass is 9.96. The van der Waals surface area contributed by atoms with E-state index in [0.717, 1.165) is 56.7 Å². The molecule has 230 valence electrons. The minimum Gasteiger partial charge on any atom is -0.369 e. The molecular weight excluding hydrogens is 557 g/mol. The maximum absolute atomic E-state index is 13.8. The van der Waals surface area contributed by atoms with Crippen LogP contribution in [-0.4, -0.2) is 96.9 Å². The number of benzene rings is 2.